The van der Waals surface area contributed by atoms with Crippen LogP contribution in [0, 0.1) is 56.0 Å². The highest BCUT2D eigenvalue weighted by atomic mass is 79.9. The molecule has 4 saturated heterocycles. The van der Waals surface area contributed by atoms with Crippen LogP contribution in [0.2, 0.25) is 0 Å². The predicted octanol–water partition coefficient (Wildman–Crippen LogP) is 15.1. The van der Waals surface area contributed by atoms with E-state index in [4.69, 9.17) is 23.5 Å². The second-order valence-electron chi connectivity index (χ2n) is 36.6. The molecule has 3 atom stereocenters. The lowest BCUT2D eigenvalue weighted by Crippen LogP contribution is -2.41. The Bertz CT molecular complexity index is 5590. The summed E-state index contributed by atoms with van der Waals surface area (Å²) in [7, 11) is -0.536. The van der Waals surface area contributed by atoms with Gasteiger partial charge in [0, 0.05) is 164 Å². The summed E-state index contributed by atoms with van der Waals surface area (Å²) in [5.74, 6) is -2.95. The zero-order valence-electron chi connectivity index (χ0n) is 71.2. The molecule has 0 radical (unpaired) electrons. The molecule has 3 aromatic carbocycles. The Morgan fingerprint density at radius 2 is 0.876 bits per heavy atom. The molecule has 10 heterocycles. The molecule has 5 N–H and O–H groups in total. The topological polar surface area (TPSA) is 301 Å². The van der Waals surface area contributed by atoms with Crippen molar-refractivity contribution in [3.63, 3.8) is 0 Å². The van der Waals surface area contributed by atoms with Gasteiger partial charge >= 0.3 is 37.5 Å². The number of H-pyrrole nitrogens is 2. The summed E-state index contributed by atoms with van der Waals surface area (Å²) in [6.07, 6.45) is 11.0. The Balaban J connectivity index is 0.000000141. The van der Waals surface area contributed by atoms with Crippen LogP contribution < -0.4 is 52.8 Å². The number of aromatic nitrogens is 9. The number of benzene rings is 3. The summed E-state index contributed by atoms with van der Waals surface area (Å²) in [6, 6.07) is 10.0. The van der Waals surface area contributed by atoms with Crippen LogP contribution in [0.5, 0.6) is 0 Å². The lowest BCUT2D eigenvalue weighted by atomic mass is 9.82. The lowest BCUT2D eigenvalue weighted by Gasteiger charge is -2.32. The van der Waals surface area contributed by atoms with Gasteiger partial charge in [0.05, 0.1) is 61.7 Å². The molecule has 3 saturated carbocycles. The minimum Gasteiger partial charge on any atom is -0.444 e. The molecule has 4 aliphatic heterocycles. The number of carbonyl (C=O) groups excluding carboxylic acids is 4. The van der Waals surface area contributed by atoms with Gasteiger partial charge in [-0.15, -0.1) is 0 Å². The predicted molar refractivity (Wildman–Crippen MR) is 454 cm³/mol. The first-order valence-corrected chi connectivity index (χ1v) is 42.0. The Hall–Kier alpha value is -10.2. The molecular weight excluding hydrogens is 1640 g/mol. The van der Waals surface area contributed by atoms with Crippen molar-refractivity contribution < 1.29 is 69.0 Å². The van der Waals surface area contributed by atoms with Crippen molar-refractivity contribution in [3.05, 3.63) is 143 Å². The Labute approximate surface area is 705 Å². The van der Waals surface area contributed by atoms with Crippen LogP contribution in [-0.4, -0.2) is 168 Å². The molecular formula is C86H107BBrF6N15O12. The average molecular weight is 1750 g/mol. The third-order valence-corrected chi connectivity index (χ3v) is 23.8. The Kier molecular flexibility index (Phi) is 25.1. The second-order valence-corrected chi connectivity index (χ2v) is 37.4. The highest BCUT2D eigenvalue weighted by Gasteiger charge is 2.52. The quantitative estimate of drug-likeness (QED) is 0.0362. The van der Waals surface area contributed by atoms with Crippen LogP contribution in [0.1, 0.15) is 183 Å². The number of aromatic amines is 2. The van der Waals surface area contributed by atoms with E-state index < -0.39 is 71.3 Å². The van der Waals surface area contributed by atoms with Crippen LogP contribution in [-0.2, 0) is 28.3 Å². The van der Waals surface area contributed by atoms with Gasteiger partial charge < -0.3 is 67.9 Å². The van der Waals surface area contributed by atoms with Crippen LogP contribution in [0.4, 0.5) is 57.8 Å². The number of alkyl carbamates (subject to hydrolysis) is 2. The molecule has 3 aliphatic carbocycles. The van der Waals surface area contributed by atoms with Gasteiger partial charge in [-0.05, 0) is 237 Å². The molecule has 6 aromatic heterocycles. The first-order chi connectivity index (χ1) is 56.8. The molecule has 3 unspecified atom stereocenters. The molecule has 9 aromatic rings. The third-order valence-electron chi connectivity index (χ3n) is 23.0. The number of hydrogen-bond acceptors (Lipinski definition) is 18. The van der Waals surface area contributed by atoms with E-state index in [-0.39, 0.29) is 77.3 Å². The molecule has 0 spiro atoms. The molecule has 7 fully saturated rings. The Morgan fingerprint density at radius 1 is 0.521 bits per heavy atom. The molecule has 27 nitrogen and oxygen atoms in total. The van der Waals surface area contributed by atoms with Gasteiger partial charge in [0.15, 0.2) is 17.5 Å². The zero-order chi connectivity index (χ0) is 87.7. The Morgan fingerprint density at radius 3 is 1.22 bits per heavy atom. The van der Waals surface area contributed by atoms with E-state index in [2.05, 4.69) is 52.1 Å². The number of ether oxygens (including phenoxy) is 3. The van der Waals surface area contributed by atoms with Crippen LogP contribution >= 0.6 is 15.9 Å². The molecule has 3 amide bonds. The van der Waals surface area contributed by atoms with Gasteiger partial charge in [-0.1, -0.05) is 0 Å². The van der Waals surface area contributed by atoms with Gasteiger partial charge in [0.25, 0.3) is 16.7 Å². The van der Waals surface area contributed by atoms with Gasteiger partial charge in [0.2, 0.25) is 0 Å². The zero-order valence-corrected chi connectivity index (χ0v) is 72.8. The number of nitrogens with one attached hydrogen (secondary N) is 5. The number of rotatable bonds is 15. The smallest absolute Gasteiger partial charge is 0.444 e. The molecule has 16 rings (SSSR count). The van der Waals surface area contributed by atoms with E-state index in [1.54, 1.807) is 65.6 Å². The maximum absolute atomic E-state index is 16.3. The van der Waals surface area contributed by atoms with E-state index in [0.29, 0.717) is 118 Å². The fourth-order valence-electron chi connectivity index (χ4n) is 16.3. The van der Waals surface area contributed by atoms with E-state index >= 15 is 13.2 Å². The van der Waals surface area contributed by atoms with Crippen molar-refractivity contribution in [3.8, 4) is 22.3 Å². The van der Waals surface area contributed by atoms with E-state index in [0.717, 1.165) is 89.0 Å². The standard InChI is InChI=1S/C26H32FN5O3.C23H29BrFN3O3.C23H23F4N5O2.C14H23BN2O4/c1-15-23-19(7-8-20(33)32(23)18-5-6-18)21(17-12-29-30-13-17)22(27)24(15)31-10-9-16(14-31)11-28-25(34)35-26(2,3)4;1-13-20-16(7-8-17(29)28(20)15-5-6-15)18(24)19(25)21(13)27-10-9-14(12-27)11-26-22(30)31-23(2,3)4;1-12-20-16(4-5-17(33)32(20)15-2-3-15)18(14-9-29-30-10-14)19(24)21(12)31-7-6-13(11-31)8-28-22(34)23(25,26)27;1-12(2,3)19-11(18)17-9-10(8-16-17)15-20-13(4,5)14(6,7)21-15/h7-8,12-13,16,18H,5-6,9-11,14H2,1-4H3,(H,28,34)(H,29,30);7-8,14-15H,5-6,9-12H2,1-4H3,(H,26,30);4-5,9-10,13,15H,2-3,6-8,11H2,1H3,(H,28,34)(H,29,30);8-9H,1-7H3. The number of aryl methyl sites for hydroxylation is 3. The molecule has 0 bridgehead atoms. The van der Waals surface area contributed by atoms with Crippen molar-refractivity contribution in [1.82, 2.24) is 59.8 Å². The van der Waals surface area contributed by atoms with Crippen molar-refractivity contribution in [2.75, 3.05) is 73.6 Å². The summed E-state index contributed by atoms with van der Waals surface area (Å²) < 4.78 is 120. The monoisotopic (exact) mass is 1750 g/mol. The maximum atomic E-state index is 16.3. The number of fused-ring (bicyclic) bond motifs is 3. The number of alkyl halides is 3. The SMILES string of the molecule is CC(C)(C)OC(=O)n1cc(B2OC(C)(C)C(C)(C)O2)cn1.Cc1c(N2CCC(CNC(=O)C(F)(F)F)C2)c(F)c(-c2cn[nH]c2)c2ccc(=O)n(C3CC3)c12.Cc1c(N2CCC(CNC(=O)OC(C)(C)C)C2)c(F)c(-c2cn[nH]c2)c2ccc(=O)n(C3CC3)c12.Cc1c(N2CCC(CNC(=O)OC(C)(C)C)C2)c(F)c(Br)c2ccc(=O)n(C3CC3)c12. The summed E-state index contributed by atoms with van der Waals surface area (Å²) in [4.78, 5) is 91.3. The lowest BCUT2D eigenvalue weighted by molar-refractivity contribution is -0.173. The van der Waals surface area contributed by atoms with Crippen molar-refractivity contribution in [2.45, 2.75) is 221 Å². The molecule has 121 heavy (non-hydrogen) atoms. The van der Waals surface area contributed by atoms with Crippen LogP contribution in [0.3, 0.4) is 0 Å². The van der Waals surface area contributed by atoms with Crippen molar-refractivity contribution >= 4 is 102 Å². The number of pyridine rings is 3. The summed E-state index contributed by atoms with van der Waals surface area (Å²) in [5.41, 5.74) is 5.76. The van der Waals surface area contributed by atoms with Gasteiger partial charge in [-0.2, -0.15) is 33.1 Å². The average Bonchev–Trinajstić information content (AvgIpc) is 1.67. The van der Waals surface area contributed by atoms with Crippen molar-refractivity contribution in [2.24, 2.45) is 17.8 Å². The second kappa shape index (κ2) is 34.3. The number of carbonyl (C=O) groups is 4. The first-order valence-electron chi connectivity index (χ1n) is 41.2. The van der Waals surface area contributed by atoms with Gasteiger partial charge in [-0.25, -0.2) is 27.6 Å². The largest absolute Gasteiger partial charge is 0.498 e. The number of nitrogens with zero attached hydrogens (tertiary/aromatic N) is 10. The van der Waals surface area contributed by atoms with E-state index in [1.807, 2.05) is 128 Å². The molecule has 35 heteroatoms. The third kappa shape index (κ3) is 19.7. The molecule has 650 valence electrons. The van der Waals surface area contributed by atoms with Crippen LogP contribution in [0.15, 0.2) is 92.4 Å². The van der Waals surface area contributed by atoms with E-state index in [9.17, 15) is 46.7 Å². The van der Waals surface area contributed by atoms with Gasteiger partial charge in [0.1, 0.15) is 16.8 Å². The molecule has 7 aliphatic rings. The number of hydrogen-bond donors (Lipinski definition) is 5. The minimum atomic E-state index is -4.94. The summed E-state index contributed by atoms with van der Waals surface area (Å²) >= 11 is 3.44. The first kappa shape index (κ1) is 88.6. The minimum absolute atomic E-state index is 0.0385. The normalized spacial score (nSPS) is 19.0. The summed E-state index contributed by atoms with van der Waals surface area (Å²) in [5, 5.41) is 27.2. The highest BCUT2D eigenvalue weighted by Crippen LogP contribution is 2.49. The fraction of sp³-hybridized carbons (Fsp3) is 0.535. The fourth-order valence-corrected chi connectivity index (χ4v) is 16.9. The number of anilines is 3. The van der Waals surface area contributed by atoms with Gasteiger partial charge in [-0.3, -0.25) is 29.4 Å². The number of halogens is 7. The van der Waals surface area contributed by atoms with E-state index in [1.165, 1.54) is 24.4 Å². The highest BCUT2D eigenvalue weighted by molar-refractivity contribution is 9.10. The summed E-state index contributed by atoms with van der Waals surface area (Å²) in [6.45, 7) is 34.0. The number of amides is 3. The van der Waals surface area contributed by atoms with Crippen molar-refractivity contribution in [1.29, 1.82) is 0 Å². The van der Waals surface area contributed by atoms with Crippen LogP contribution in [0.25, 0.3) is 55.0 Å². The maximum Gasteiger partial charge on any atom is 0.498 e.